The zero-order chi connectivity index (χ0) is 20.9. The Balaban J connectivity index is 1.19. The average Bonchev–Trinajstić information content (AvgIpc) is 2.98. The number of allylic oxidation sites excluding steroid dienone is 6. The molecule has 1 aliphatic heterocycles. The standard InChI is InChI=1S/C23H26FN3O3/c24-18-3-1-2-16(4-5-18)14-17-8-11-27(12-9-17)13-10-22(28)25-19-6-7-20-21(15-19)30-23(29)26-20/h2-7,15,17H,1,8-14H2,(H,25,28)(H,26,29). The molecule has 0 bridgehead atoms. The summed E-state index contributed by atoms with van der Waals surface area (Å²) in [5.74, 6) is -0.119. The van der Waals surface area contributed by atoms with E-state index >= 15 is 0 Å². The van der Waals surface area contributed by atoms with Crippen LogP contribution in [0.25, 0.3) is 11.1 Å². The van der Waals surface area contributed by atoms with Gasteiger partial charge in [0.05, 0.1) is 5.52 Å². The fourth-order valence-electron chi connectivity index (χ4n) is 4.05. The SMILES string of the molecule is O=C(CCN1CCC(CC2=CCC=C(F)C=C2)CC1)Nc1ccc2[nH]c(=O)oc2c1. The summed E-state index contributed by atoms with van der Waals surface area (Å²) in [4.78, 5) is 28.4. The molecular weight excluding hydrogens is 385 g/mol. The number of carbonyl (C=O) groups is 1. The number of nitrogens with zero attached hydrogens (tertiary/aromatic N) is 1. The van der Waals surface area contributed by atoms with Gasteiger partial charge >= 0.3 is 5.76 Å². The fraction of sp³-hybridized carbons (Fsp3) is 0.391. The van der Waals surface area contributed by atoms with Crippen LogP contribution in [0, 0.1) is 5.92 Å². The second-order valence-electron chi connectivity index (χ2n) is 7.95. The molecule has 1 aromatic heterocycles. The maximum absolute atomic E-state index is 13.3. The quantitative estimate of drug-likeness (QED) is 0.743. The molecule has 7 heteroatoms. The van der Waals surface area contributed by atoms with Crippen molar-refractivity contribution in [2.45, 2.75) is 32.1 Å². The first kappa shape index (κ1) is 20.3. The van der Waals surface area contributed by atoms with E-state index in [1.807, 2.05) is 6.08 Å². The lowest BCUT2D eigenvalue weighted by Crippen LogP contribution is -2.35. The van der Waals surface area contributed by atoms with Crippen LogP contribution in [0.5, 0.6) is 0 Å². The zero-order valence-electron chi connectivity index (χ0n) is 16.8. The van der Waals surface area contributed by atoms with Crippen LogP contribution in [0.15, 0.2) is 63.1 Å². The largest absolute Gasteiger partial charge is 0.417 e. The molecule has 6 nitrogen and oxygen atoms in total. The van der Waals surface area contributed by atoms with Gasteiger partial charge in [0.2, 0.25) is 5.91 Å². The Morgan fingerprint density at radius 3 is 2.90 bits per heavy atom. The lowest BCUT2D eigenvalue weighted by Gasteiger charge is -2.32. The summed E-state index contributed by atoms with van der Waals surface area (Å²) in [6, 6.07) is 5.10. The molecule has 0 unspecified atom stereocenters. The van der Waals surface area contributed by atoms with Gasteiger partial charge < -0.3 is 14.6 Å². The Labute approximate surface area is 174 Å². The van der Waals surface area contributed by atoms with E-state index in [2.05, 4.69) is 21.3 Å². The van der Waals surface area contributed by atoms with Crippen LogP contribution in [0.1, 0.15) is 32.1 Å². The monoisotopic (exact) mass is 411 g/mol. The third kappa shape index (κ3) is 5.36. The van der Waals surface area contributed by atoms with Gasteiger partial charge in [-0.05, 0) is 69.0 Å². The summed E-state index contributed by atoms with van der Waals surface area (Å²) in [7, 11) is 0. The number of fused-ring (bicyclic) bond motifs is 1. The zero-order valence-corrected chi connectivity index (χ0v) is 16.8. The first-order valence-electron chi connectivity index (χ1n) is 10.4. The summed E-state index contributed by atoms with van der Waals surface area (Å²) < 4.78 is 18.3. The highest BCUT2D eigenvalue weighted by Crippen LogP contribution is 2.26. The Kier molecular flexibility index (Phi) is 6.28. The van der Waals surface area contributed by atoms with E-state index < -0.39 is 5.76 Å². The number of hydrogen-bond acceptors (Lipinski definition) is 4. The van der Waals surface area contributed by atoms with Crippen LogP contribution in [-0.4, -0.2) is 35.4 Å². The van der Waals surface area contributed by atoms with E-state index in [1.54, 1.807) is 30.4 Å². The number of amides is 1. The number of oxazole rings is 1. The van der Waals surface area contributed by atoms with Crippen molar-refractivity contribution in [1.29, 1.82) is 0 Å². The molecule has 2 aromatic rings. The van der Waals surface area contributed by atoms with Crippen LogP contribution < -0.4 is 11.1 Å². The van der Waals surface area contributed by atoms with Crippen LogP contribution in [0.2, 0.25) is 0 Å². The molecular formula is C23H26FN3O3. The summed E-state index contributed by atoms with van der Waals surface area (Å²) >= 11 is 0. The predicted molar refractivity (Wildman–Crippen MR) is 115 cm³/mol. The fourth-order valence-corrected chi connectivity index (χ4v) is 4.05. The van der Waals surface area contributed by atoms with Crippen molar-refractivity contribution in [2.75, 3.05) is 25.0 Å². The van der Waals surface area contributed by atoms with Crippen molar-refractivity contribution in [3.8, 4) is 0 Å². The van der Waals surface area contributed by atoms with Gasteiger partial charge in [-0.2, -0.15) is 0 Å². The Bertz CT molecular complexity index is 1060. The number of aromatic nitrogens is 1. The molecule has 0 radical (unpaired) electrons. The minimum Gasteiger partial charge on any atom is -0.408 e. The van der Waals surface area contributed by atoms with Crippen LogP contribution in [0.3, 0.4) is 0 Å². The first-order valence-corrected chi connectivity index (χ1v) is 10.4. The van der Waals surface area contributed by atoms with E-state index in [0.29, 0.717) is 35.5 Å². The maximum atomic E-state index is 13.3. The number of nitrogens with one attached hydrogen (secondary N) is 2. The highest BCUT2D eigenvalue weighted by molar-refractivity contribution is 5.92. The van der Waals surface area contributed by atoms with Gasteiger partial charge in [-0.25, -0.2) is 9.18 Å². The average molecular weight is 411 g/mol. The number of likely N-dealkylation sites (tertiary alicyclic amines) is 1. The van der Waals surface area contributed by atoms with Crippen molar-refractivity contribution >= 4 is 22.7 Å². The second kappa shape index (κ2) is 9.26. The molecule has 0 saturated carbocycles. The number of anilines is 1. The van der Waals surface area contributed by atoms with E-state index in [0.717, 1.165) is 38.9 Å². The van der Waals surface area contributed by atoms with Gasteiger partial charge in [0.1, 0.15) is 5.83 Å². The van der Waals surface area contributed by atoms with Crippen molar-refractivity contribution in [1.82, 2.24) is 9.88 Å². The molecule has 30 heavy (non-hydrogen) atoms. The van der Waals surface area contributed by atoms with Gasteiger partial charge in [-0.3, -0.25) is 9.78 Å². The van der Waals surface area contributed by atoms with Crippen molar-refractivity contribution in [3.63, 3.8) is 0 Å². The van der Waals surface area contributed by atoms with Gasteiger partial charge in [0, 0.05) is 24.7 Å². The Morgan fingerprint density at radius 2 is 2.07 bits per heavy atom. The molecule has 1 aromatic carbocycles. The van der Waals surface area contributed by atoms with Crippen LogP contribution >= 0.6 is 0 Å². The Hall–Kier alpha value is -2.93. The summed E-state index contributed by atoms with van der Waals surface area (Å²) in [6.07, 6.45) is 11.4. The minimum absolute atomic E-state index is 0.0577. The van der Waals surface area contributed by atoms with E-state index in [1.165, 1.54) is 5.57 Å². The third-order valence-electron chi connectivity index (χ3n) is 5.74. The van der Waals surface area contributed by atoms with Crippen molar-refractivity contribution in [3.05, 3.63) is 64.5 Å². The molecule has 1 fully saturated rings. The molecule has 2 aliphatic rings. The summed E-state index contributed by atoms with van der Waals surface area (Å²) in [6.45, 7) is 2.67. The molecule has 2 heterocycles. The first-order chi connectivity index (χ1) is 14.5. The minimum atomic E-state index is -0.507. The molecule has 158 valence electrons. The maximum Gasteiger partial charge on any atom is 0.417 e. The normalized spacial score (nSPS) is 18.2. The smallest absolute Gasteiger partial charge is 0.408 e. The lowest BCUT2D eigenvalue weighted by molar-refractivity contribution is -0.116. The van der Waals surface area contributed by atoms with E-state index in [4.69, 9.17) is 4.42 Å². The van der Waals surface area contributed by atoms with Crippen LogP contribution in [0.4, 0.5) is 10.1 Å². The molecule has 0 atom stereocenters. The number of piperidine rings is 1. The molecule has 1 saturated heterocycles. The van der Waals surface area contributed by atoms with E-state index in [9.17, 15) is 14.0 Å². The summed E-state index contributed by atoms with van der Waals surface area (Å²) in [5.41, 5.74) is 2.87. The van der Waals surface area contributed by atoms with Gasteiger partial charge in [-0.1, -0.05) is 17.7 Å². The topological polar surface area (TPSA) is 78.3 Å². The molecule has 2 N–H and O–H groups in total. The predicted octanol–water partition coefficient (Wildman–Crippen LogP) is 4.29. The molecule has 1 amide bonds. The second-order valence-corrected chi connectivity index (χ2v) is 7.95. The molecule has 0 spiro atoms. The third-order valence-corrected chi connectivity index (χ3v) is 5.74. The highest BCUT2D eigenvalue weighted by atomic mass is 19.1. The molecule has 1 aliphatic carbocycles. The van der Waals surface area contributed by atoms with Gasteiger partial charge in [0.15, 0.2) is 5.58 Å². The van der Waals surface area contributed by atoms with Crippen molar-refractivity contribution in [2.24, 2.45) is 5.92 Å². The lowest BCUT2D eigenvalue weighted by atomic mass is 9.89. The number of hydrogen-bond donors (Lipinski definition) is 2. The summed E-state index contributed by atoms with van der Waals surface area (Å²) in [5, 5.41) is 2.86. The number of aromatic amines is 1. The number of benzene rings is 1. The van der Waals surface area contributed by atoms with Crippen LogP contribution in [-0.2, 0) is 4.79 Å². The number of H-pyrrole nitrogens is 1. The Morgan fingerprint density at radius 1 is 1.23 bits per heavy atom. The number of rotatable bonds is 6. The van der Waals surface area contributed by atoms with Crippen molar-refractivity contribution < 1.29 is 13.6 Å². The number of halogens is 1. The van der Waals surface area contributed by atoms with Gasteiger partial charge in [-0.15, -0.1) is 0 Å². The highest BCUT2D eigenvalue weighted by Gasteiger charge is 2.20. The van der Waals surface area contributed by atoms with Gasteiger partial charge in [0.25, 0.3) is 0 Å². The molecule has 4 rings (SSSR count). The number of carbonyl (C=O) groups excluding carboxylic acids is 1. The van der Waals surface area contributed by atoms with E-state index in [-0.39, 0.29) is 11.7 Å².